The number of esters is 1. The van der Waals surface area contributed by atoms with Gasteiger partial charge in [-0.2, -0.15) is 0 Å². The lowest BCUT2D eigenvalue weighted by Crippen LogP contribution is -2.35. The molecule has 0 aliphatic carbocycles. The zero-order valence-electron chi connectivity index (χ0n) is 11.1. The average Bonchev–Trinajstić information content (AvgIpc) is 2.16. The molecular weight excluding hydrogens is 206 g/mol. The third-order valence-corrected chi connectivity index (χ3v) is 2.53. The minimum Gasteiger partial charge on any atom is -0.464 e. The molecule has 0 saturated heterocycles. The van der Waals surface area contributed by atoms with Crippen LogP contribution in [0.4, 0.5) is 0 Å². The van der Waals surface area contributed by atoms with Gasteiger partial charge in [0.15, 0.2) is 0 Å². The fourth-order valence-corrected chi connectivity index (χ4v) is 1.21. The van der Waals surface area contributed by atoms with Gasteiger partial charge in [0.05, 0.1) is 12.2 Å². The minimum atomic E-state index is -0.509. The Hall–Kier alpha value is -0.610. The Morgan fingerprint density at radius 2 is 1.94 bits per heavy atom. The highest BCUT2D eigenvalue weighted by Crippen LogP contribution is 2.13. The highest BCUT2D eigenvalue weighted by Gasteiger charge is 2.20. The summed E-state index contributed by atoms with van der Waals surface area (Å²) >= 11 is 0. The molecule has 96 valence electrons. The van der Waals surface area contributed by atoms with Crippen LogP contribution in [0.15, 0.2) is 0 Å². The minimum absolute atomic E-state index is 0.261. The van der Waals surface area contributed by atoms with Gasteiger partial charge in [-0.25, -0.2) is 0 Å². The standard InChI is InChI=1S/C12H25NO3/c1-9(2)8-10(13)11(14)16-7-6-12(3,4)15-5/h9-10H,6-8,13H2,1-5H3/t10-/m0/s1. The molecule has 0 unspecified atom stereocenters. The van der Waals surface area contributed by atoms with Crippen molar-refractivity contribution in [1.82, 2.24) is 0 Å². The van der Waals surface area contributed by atoms with Crippen molar-refractivity contribution in [2.24, 2.45) is 11.7 Å². The van der Waals surface area contributed by atoms with Gasteiger partial charge >= 0.3 is 5.97 Å². The lowest BCUT2D eigenvalue weighted by molar-refractivity contribution is -0.147. The van der Waals surface area contributed by atoms with E-state index in [1.165, 1.54) is 0 Å². The van der Waals surface area contributed by atoms with Gasteiger partial charge in [0, 0.05) is 13.5 Å². The Morgan fingerprint density at radius 3 is 2.38 bits per heavy atom. The summed E-state index contributed by atoms with van der Waals surface area (Å²) in [6.45, 7) is 8.32. The van der Waals surface area contributed by atoms with Gasteiger partial charge in [0.2, 0.25) is 0 Å². The predicted molar refractivity (Wildman–Crippen MR) is 64.1 cm³/mol. The van der Waals surface area contributed by atoms with Crippen LogP contribution in [0.3, 0.4) is 0 Å². The van der Waals surface area contributed by atoms with E-state index in [4.69, 9.17) is 15.2 Å². The number of methoxy groups -OCH3 is 1. The maximum absolute atomic E-state index is 11.5. The highest BCUT2D eigenvalue weighted by atomic mass is 16.5. The Labute approximate surface area is 98.5 Å². The molecule has 0 radical (unpaired) electrons. The van der Waals surface area contributed by atoms with Gasteiger partial charge < -0.3 is 15.2 Å². The molecule has 16 heavy (non-hydrogen) atoms. The highest BCUT2D eigenvalue weighted by molar-refractivity contribution is 5.75. The molecule has 2 N–H and O–H groups in total. The molecule has 0 heterocycles. The summed E-state index contributed by atoms with van der Waals surface area (Å²) in [7, 11) is 1.65. The van der Waals surface area contributed by atoms with Crippen LogP contribution in [0.5, 0.6) is 0 Å². The molecule has 1 atom stereocenters. The van der Waals surface area contributed by atoms with E-state index >= 15 is 0 Å². The van der Waals surface area contributed by atoms with Crippen molar-refractivity contribution in [3.05, 3.63) is 0 Å². The van der Waals surface area contributed by atoms with E-state index in [1.807, 2.05) is 27.7 Å². The van der Waals surface area contributed by atoms with Crippen LogP contribution in [0.2, 0.25) is 0 Å². The van der Waals surface area contributed by atoms with Crippen molar-refractivity contribution in [2.75, 3.05) is 13.7 Å². The first-order valence-electron chi connectivity index (χ1n) is 5.76. The number of carbonyl (C=O) groups is 1. The molecule has 0 aliphatic rings. The molecule has 0 aromatic heterocycles. The van der Waals surface area contributed by atoms with Crippen molar-refractivity contribution in [1.29, 1.82) is 0 Å². The Morgan fingerprint density at radius 1 is 1.38 bits per heavy atom. The van der Waals surface area contributed by atoms with E-state index in [0.29, 0.717) is 25.4 Å². The maximum Gasteiger partial charge on any atom is 0.322 e. The van der Waals surface area contributed by atoms with Gasteiger partial charge in [-0.3, -0.25) is 4.79 Å². The Balaban J connectivity index is 3.81. The molecule has 0 rings (SSSR count). The number of nitrogens with two attached hydrogens (primary N) is 1. The summed E-state index contributed by atoms with van der Waals surface area (Å²) < 4.78 is 10.3. The third-order valence-electron chi connectivity index (χ3n) is 2.53. The van der Waals surface area contributed by atoms with Crippen LogP contribution in [0.1, 0.15) is 40.5 Å². The molecule has 0 spiro atoms. The fraction of sp³-hybridized carbons (Fsp3) is 0.917. The van der Waals surface area contributed by atoms with Crippen LogP contribution in [-0.4, -0.2) is 31.3 Å². The van der Waals surface area contributed by atoms with Crippen LogP contribution >= 0.6 is 0 Å². The number of rotatable bonds is 7. The molecule has 0 amide bonds. The molecule has 0 bridgehead atoms. The summed E-state index contributed by atoms with van der Waals surface area (Å²) in [5.41, 5.74) is 5.43. The first-order chi connectivity index (χ1) is 7.28. The summed E-state index contributed by atoms with van der Waals surface area (Å²) in [6, 6.07) is -0.509. The van der Waals surface area contributed by atoms with Crippen molar-refractivity contribution < 1.29 is 14.3 Å². The second-order valence-electron chi connectivity index (χ2n) is 5.12. The monoisotopic (exact) mass is 231 g/mol. The molecule has 4 heteroatoms. The van der Waals surface area contributed by atoms with Gasteiger partial charge in [-0.1, -0.05) is 13.8 Å². The molecule has 0 saturated carbocycles. The Kier molecular flexibility index (Phi) is 6.60. The van der Waals surface area contributed by atoms with E-state index in [-0.39, 0.29) is 11.6 Å². The molecule has 4 nitrogen and oxygen atoms in total. The van der Waals surface area contributed by atoms with E-state index in [2.05, 4.69) is 0 Å². The van der Waals surface area contributed by atoms with Gasteiger partial charge in [0.25, 0.3) is 0 Å². The molecular formula is C12H25NO3. The Bertz CT molecular complexity index is 214. The van der Waals surface area contributed by atoms with Gasteiger partial charge in [0.1, 0.15) is 6.04 Å². The van der Waals surface area contributed by atoms with E-state index in [0.717, 1.165) is 0 Å². The van der Waals surface area contributed by atoms with Crippen LogP contribution < -0.4 is 5.73 Å². The number of hydrogen-bond donors (Lipinski definition) is 1. The number of ether oxygens (including phenoxy) is 2. The first-order valence-corrected chi connectivity index (χ1v) is 5.76. The van der Waals surface area contributed by atoms with Crippen LogP contribution in [0, 0.1) is 5.92 Å². The molecule has 0 aromatic carbocycles. The lowest BCUT2D eigenvalue weighted by Gasteiger charge is -2.22. The summed E-state index contributed by atoms with van der Waals surface area (Å²) in [4.78, 5) is 11.5. The van der Waals surface area contributed by atoms with Gasteiger partial charge in [-0.15, -0.1) is 0 Å². The van der Waals surface area contributed by atoms with Gasteiger partial charge in [-0.05, 0) is 26.2 Å². The van der Waals surface area contributed by atoms with E-state index in [9.17, 15) is 4.79 Å². The zero-order chi connectivity index (χ0) is 12.8. The molecule has 0 fully saturated rings. The third kappa shape index (κ3) is 6.80. The average molecular weight is 231 g/mol. The van der Waals surface area contributed by atoms with Crippen molar-refractivity contribution in [3.8, 4) is 0 Å². The molecule has 0 aliphatic heterocycles. The van der Waals surface area contributed by atoms with E-state index < -0.39 is 6.04 Å². The predicted octanol–water partition coefficient (Wildman–Crippen LogP) is 1.72. The maximum atomic E-state index is 11.5. The largest absolute Gasteiger partial charge is 0.464 e. The van der Waals surface area contributed by atoms with Crippen molar-refractivity contribution in [2.45, 2.75) is 52.2 Å². The van der Waals surface area contributed by atoms with Crippen LogP contribution in [0.25, 0.3) is 0 Å². The first kappa shape index (κ1) is 15.4. The second kappa shape index (κ2) is 6.86. The SMILES string of the molecule is COC(C)(C)CCOC(=O)[C@@H](N)CC(C)C. The smallest absolute Gasteiger partial charge is 0.322 e. The second-order valence-corrected chi connectivity index (χ2v) is 5.12. The quantitative estimate of drug-likeness (QED) is 0.678. The summed E-state index contributed by atoms with van der Waals surface area (Å²) in [6.07, 6.45) is 1.33. The lowest BCUT2D eigenvalue weighted by atomic mass is 10.0. The fourth-order valence-electron chi connectivity index (χ4n) is 1.21. The normalized spacial score (nSPS) is 13.9. The number of hydrogen-bond acceptors (Lipinski definition) is 4. The summed E-state index contributed by atoms with van der Waals surface area (Å²) in [5.74, 6) is 0.0820. The molecule has 0 aromatic rings. The van der Waals surface area contributed by atoms with Crippen molar-refractivity contribution >= 4 is 5.97 Å². The zero-order valence-corrected chi connectivity index (χ0v) is 11.1. The topological polar surface area (TPSA) is 61.5 Å². The van der Waals surface area contributed by atoms with Crippen molar-refractivity contribution in [3.63, 3.8) is 0 Å². The van der Waals surface area contributed by atoms with E-state index in [1.54, 1.807) is 7.11 Å². The number of carbonyl (C=O) groups excluding carboxylic acids is 1. The summed E-state index contributed by atoms with van der Waals surface area (Å²) in [5, 5.41) is 0. The van der Waals surface area contributed by atoms with Crippen LogP contribution in [-0.2, 0) is 14.3 Å².